The minimum Gasteiger partial charge on any atom is -0.507 e. The van der Waals surface area contributed by atoms with E-state index in [-0.39, 0.29) is 5.75 Å². The van der Waals surface area contributed by atoms with Crippen molar-refractivity contribution in [2.75, 3.05) is 6.54 Å². The zero-order chi connectivity index (χ0) is 11.8. The molecule has 0 spiro atoms. The highest BCUT2D eigenvalue weighted by atomic mass is 16.3. The second kappa shape index (κ2) is 3.89. The number of aromatic hydroxyl groups is 1. The summed E-state index contributed by atoms with van der Waals surface area (Å²) in [5.74, 6) is 0.628. The Hall–Kier alpha value is -1.81. The van der Waals surface area contributed by atoms with E-state index < -0.39 is 0 Å². The van der Waals surface area contributed by atoms with E-state index >= 15 is 0 Å². The molecule has 88 valence electrons. The first-order valence-electron chi connectivity index (χ1n) is 5.87. The number of fused-ring (bicyclic) bond motifs is 1. The number of aromatic amines is 1. The lowest BCUT2D eigenvalue weighted by atomic mass is 9.98. The van der Waals surface area contributed by atoms with Gasteiger partial charge in [-0.1, -0.05) is 12.1 Å². The minimum atomic E-state index is 0.268. The molecule has 0 bridgehead atoms. The van der Waals surface area contributed by atoms with Crippen LogP contribution < -0.4 is 5.73 Å². The number of phenols is 1. The molecule has 1 aliphatic rings. The topological polar surface area (TPSA) is 74.9 Å². The van der Waals surface area contributed by atoms with Gasteiger partial charge < -0.3 is 10.8 Å². The standard InChI is InChI=1S/C13H15N3O/c14-7-8-5-6-10-12(8)13(16-15-10)9-3-1-2-4-11(9)17/h1-4,8,17H,5-7,14H2,(H,15,16). The number of nitrogens with two attached hydrogens (primary N) is 1. The molecular weight excluding hydrogens is 214 g/mol. The van der Waals surface area contributed by atoms with E-state index in [4.69, 9.17) is 5.73 Å². The van der Waals surface area contributed by atoms with E-state index in [1.54, 1.807) is 6.07 Å². The first kappa shape index (κ1) is 10.4. The second-order valence-electron chi connectivity index (χ2n) is 4.45. The van der Waals surface area contributed by atoms with Gasteiger partial charge >= 0.3 is 0 Å². The Morgan fingerprint density at radius 1 is 1.41 bits per heavy atom. The molecule has 1 unspecified atom stereocenters. The van der Waals surface area contributed by atoms with E-state index in [1.807, 2.05) is 18.2 Å². The summed E-state index contributed by atoms with van der Waals surface area (Å²) >= 11 is 0. The van der Waals surface area contributed by atoms with Crippen molar-refractivity contribution >= 4 is 0 Å². The van der Waals surface area contributed by atoms with Gasteiger partial charge in [0.1, 0.15) is 5.75 Å². The Morgan fingerprint density at radius 3 is 3.00 bits per heavy atom. The molecule has 0 saturated carbocycles. The Balaban J connectivity index is 2.15. The van der Waals surface area contributed by atoms with Gasteiger partial charge in [-0.3, -0.25) is 5.10 Å². The van der Waals surface area contributed by atoms with Crippen molar-refractivity contribution in [3.8, 4) is 17.0 Å². The van der Waals surface area contributed by atoms with Gasteiger partial charge in [-0.05, 0) is 31.5 Å². The summed E-state index contributed by atoms with van der Waals surface area (Å²) in [5, 5.41) is 17.3. The number of hydrogen-bond donors (Lipinski definition) is 3. The van der Waals surface area contributed by atoms with Crippen LogP contribution in [-0.4, -0.2) is 21.8 Å². The lowest BCUT2D eigenvalue weighted by molar-refractivity contribution is 0.477. The maximum atomic E-state index is 9.89. The highest BCUT2D eigenvalue weighted by Gasteiger charge is 2.28. The van der Waals surface area contributed by atoms with Gasteiger partial charge in [0, 0.05) is 22.7 Å². The lowest BCUT2D eigenvalue weighted by Crippen LogP contribution is -2.09. The van der Waals surface area contributed by atoms with Gasteiger partial charge in [-0.2, -0.15) is 5.10 Å². The van der Waals surface area contributed by atoms with Crippen LogP contribution in [0.4, 0.5) is 0 Å². The molecule has 1 heterocycles. The molecule has 4 heteroatoms. The molecule has 0 saturated heterocycles. The number of hydrogen-bond acceptors (Lipinski definition) is 3. The zero-order valence-corrected chi connectivity index (χ0v) is 9.48. The predicted molar refractivity (Wildman–Crippen MR) is 65.8 cm³/mol. The number of aromatic nitrogens is 2. The van der Waals surface area contributed by atoms with Crippen molar-refractivity contribution in [2.45, 2.75) is 18.8 Å². The second-order valence-corrected chi connectivity index (χ2v) is 4.45. The van der Waals surface area contributed by atoms with Gasteiger partial charge in [0.05, 0.1) is 5.69 Å². The maximum absolute atomic E-state index is 9.89. The number of nitrogens with one attached hydrogen (secondary N) is 1. The van der Waals surface area contributed by atoms with Gasteiger partial charge in [0.15, 0.2) is 0 Å². The van der Waals surface area contributed by atoms with Crippen molar-refractivity contribution < 1.29 is 5.11 Å². The highest BCUT2D eigenvalue weighted by molar-refractivity contribution is 5.71. The van der Waals surface area contributed by atoms with Crippen LogP contribution in [0.15, 0.2) is 24.3 Å². The van der Waals surface area contributed by atoms with E-state index in [9.17, 15) is 5.11 Å². The predicted octanol–water partition coefficient (Wildman–Crippen LogP) is 1.77. The van der Waals surface area contributed by atoms with Crippen molar-refractivity contribution in [3.63, 3.8) is 0 Å². The molecule has 0 radical (unpaired) electrons. The molecule has 4 nitrogen and oxygen atoms in total. The van der Waals surface area contributed by atoms with Gasteiger partial charge in [0.2, 0.25) is 0 Å². The summed E-state index contributed by atoms with van der Waals surface area (Å²) in [6.07, 6.45) is 2.07. The van der Waals surface area contributed by atoms with Gasteiger partial charge in [0.25, 0.3) is 0 Å². The number of rotatable bonds is 2. The van der Waals surface area contributed by atoms with Gasteiger partial charge in [-0.25, -0.2) is 0 Å². The van der Waals surface area contributed by atoms with Crippen molar-refractivity contribution in [2.24, 2.45) is 5.73 Å². The summed E-state index contributed by atoms with van der Waals surface area (Å²) in [5.41, 5.74) is 9.78. The molecule has 17 heavy (non-hydrogen) atoms. The molecule has 0 aliphatic heterocycles. The Bertz CT molecular complexity index is 547. The molecule has 0 fully saturated rings. The fourth-order valence-electron chi connectivity index (χ4n) is 2.59. The third kappa shape index (κ3) is 1.52. The molecule has 0 amide bonds. The largest absolute Gasteiger partial charge is 0.507 e. The molecule has 4 N–H and O–H groups in total. The van der Waals surface area contributed by atoms with Gasteiger partial charge in [-0.15, -0.1) is 0 Å². The average Bonchev–Trinajstić information content (AvgIpc) is 2.91. The molecule has 1 atom stereocenters. The van der Waals surface area contributed by atoms with Crippen molar-refractivity contribution in [1.82, 2.24) is 10.2 Å². The number of para-hydroxylation sites is 1. The summed E-state index contributed by atoms with van der Waals surface area (Å²) in [6, 6.07) is 7.29. The highest BCUT2D eigenvalue weighted by Crippen LogP contribution is 2.40. The van der Waals surface area contributed by atoms with Crippen LogP contribution in [0, 0.1) is 0 Å². The zero-order valence-electron chi connectivity index (χ0n) is 9.48. The number of aryl methyl sites for hydroxylation is 1. The van der Waals surface area contributed by atoms with Crippen LogP contribution in [0.25, 0.3) is 11.3 Å². The van der Waals surface area contributed by atoms with Crippen molar-refractivity contribution in [1.29, 1.82) is 0 Å². The van der Waals surface area contributed by atoms with Crippen LogP contribution in [0.3, 0.4) is 0 Å². The quantitative estimate of drug-likeness (QED) is 0.734. The maximum Gasteiger partial charge on any atom is 0.125 e. The van der Waals surface area contributed by atoms with Crippen LogP contribution in [0.5, 0.6) is 5.75 Å². The Morgan fingerprint density at radius 2 is 2.24 bits per heavy atom. The van der Waals surface area contributed by atoms with Crippen LogP contribution in [0.2, 0.25) is 0 Å². The summed E-state index contributed by atoms with van der Waals surface area (Å²) in [4.78, 5) is 0. The third-order valence-electron chi connectivity index (χ3n) is 3.48. The monoisotopic (exact) mass is 229 g/mol. The summed E-state index contributed by atoms with van der Waals surface area (Å²) in [6.45, 7) is 0.632. The molecule has 1 aromatic carbocycles. The molecule has 3 rings (SSSR count). The molecule has 2 aromatic rings. The van der Waals surface area contributed by atoms with E-state index in [1.165, 1.54) is 11.3 Å². The average molecular weight is 229 g/mol. The Labute approximate surface area is 99.5 Å². The molecule has 1 aromatic heterocycles. The number of phenolic OH excluding ortho intramolecular Hbond substituents is 1. The van der Waals surface area contributed by atoms with E-state index in [0.717, 1.165) is 24.1 Å². The third-order valence-corrected chi connectivity index (χ3v) is 3.48. The Kier molecular flexibility index (Phi) is 2.37. The lowest BCUT2D eigenvalue weighted by Gasteiger charge is -2.09. The van der Waals surface area contributed by atoms with E-state index in [2.05, 4.69) is 10.2 Å². The molecule has 1 aliphatic carbocycles. The SMILES string of the molecule is NCC1CCc2[nH]nc(-c3ccccc3O)c21. The minimum absolute atomic E-state index is 0.268. The number of benzene rings is 1. The summed E-state index contributed by atoms with van der Waals surface area (Å²) < 4.78 is 0. The van der Waals surface area contributed by atoms with Crippen LogP contribution >= 0.6 is 0 Å². The molecular formula is C13H15N3O. The van der Waals surface area contributed by atoms with E-state index in [0.29, 0.717) is 12.5 Å². The number of H-pyrrole nitrogens is 1. The van der Waals surface area contributed by atoms with Crippen LogP contribution in [0.1, 0.15) is 23.6 Å². The first-order valence-corrected chi connectivity index (χ1v) is 5.87. The fraction of sp³-hybridized carbons (Fsp3) is 0.308. The normalized spacial score (nSPS) is 18.3. The fourth-order valence-corrected chi connectivity index (χ4v) is 2.59. The smallest absolute Gasteiger partial charge is 0.125 e. The first-order chi connectivity index (χ1) is 8.31. The van der Waals surface area contributed by atoms with Crippen molar-refractivity contribution in [3.05, 3.63) is 35.5 Å². The van der Waals surface area contributed by atoms with Crippen LogP contribution in [-0.2, 0) is 6.42 Å². The number of nitrogens with zero attached hydrogens (tertiary/aromatic N) is 1. The summed E-state index contributed by atoms with van der Waals surface area (Å²) in [7, 11) is 0.